The molecule has 1 fully saturated rings. The number of anilines is 1. The lowest BCUT2D eigenvalue weighted by molar-refractivity contribution is 0.464. The van der Waals surface area contributed by atoms with Crippen LogP contribution in [0.1, 0.15) is 27.2 Å². The van der Waals surface area contributed by atoms with Crippen molar-refractivity contribution in [1.29, 1.82) is 0 Å². The third kappa shape index (κ3) is 6.90. The van der Waals surface area contributed by atoms with Crippen LogP contribution in [0.3, 0.4) is 0 Å². The van der Waals surface area contributed by atoms with Crippen molar-refractivity contribution >= 4 is 21.7 Å². The molecule has 0 spiro atoms. The summed E-state index contributed by atoms with van der Waals surface area (Å²) in [7, 11) is -3.34. The molecule has 0 bridgehead atoms. The summed E-state index contributed by atoms with van der Waals surface area (Å²) in [6, 6.07) is 3.62. The zero-order valence-corrected chi connectivity index (χ0v) is 17.5. The zero-order valence-electron chi connectivity index (χ0n) is 16.7. The summed E-state index contributed by atoms with van der Waals surface area (Å²) >= 11 is 0. The highest BCUT2D eigenvalue weighted by molar-refractivity contribution is 7.88. The molecular weight excluding hydrogens is 388 g/mol. The van der Waals surface area contributed by atoms with Gasteiger partial charge in [0, 0.05) is 37.3 Å². The van der Waals surface area contributed by atoms with E-state index in [1.54, 1.807) is 13.8 Å². The maximum Gasteiger partial charge on any atom is 0.209 e. The van der Waals surface area contributed by atoms with Crippen LogP contribution in [0.2, 0.25) is 0 Å². The molecule has 1 heterocycles. The number of rotatable bonds is 7. The number of nitrogens with one attached hydrogen (secondary N) is 3. The smallest absolute Gasteiger partial charge is 0.209 e. The van der Waals surface area contributed by atoms with Gasteiger partial charge in [-0.1, -0.05) is 0 Å². The van der Waals surface area contributed by atoms with E-state index in [0.29, 0.717) is 31.3 Å². The van der Waals surface area contributed by atoms with Gasteiger partial charge in [-0.25, -0.2) is 21.9 Å². The van der Waals surface area contributed by atoms with Crippen LogP contribution in [0.25, 0.3) is 0 Å². The van der Waals surface area contributed by atoms with Gasteiger partial charge in [0.15, 0.2) is 5.96 Å². The fourth-order valence-electron chi connectivity index (χ4n) is 3.16. The summed E-state index contributed by atoms with van der Waals surface area (Å²) in [5.74, 6) is -0.603. The molecule has 10 heteroatoms. The molecule has 0 aliphatic carbocycles. The first-order chi connectivity index (χ1) is 13.0. The molecular formula is C18H29F2N5O2S. The van der Waals surface area contributed by atoms with E-state index >= 15 is 0 Å². The van der Waals surface area contributed by atoms with Gasteiger partial charge in [0.1, 0.15) is 11.6 Å². The molecule has 158 valence electrons. The summed E-state index contributed by atoms with van der Waals surface area (Å²) in [5, 5.41) is 6.44. The molecule has 1 aromatic rings. The van der Waals surface area contributed by atoms with Crippen LogP contribution in [-0.4, -0.2) is 58.4 Å². The number of guanidine groups is 1. The van der Waals surface area contributed by atoms with Crippen molar-refractivity contribution in [2.24, 2.45) is 4.99 Å². The number of nitrogens with zero attached hydrogens (tertiary/aromatic N) is 2. The van der Waals surface area contributed by atoms with E-state index in [4.69, 9.17) is 0 Å². The van der Waals surface area contributed by atoms with Gasteiger partial charge < -0.3 is 15.5 Å². The van der Waals surface area contributed by atoms with Crippen molar-refractivity contribution in [3.8, 4) is 0 Å². The molecule has 1 aromatic carbocycles. The predicted octanol–water partition coefficient (Wildman–Crippen LogP) is 1.43. The Bertz CT molecular complexity index is 814. The van der Waals surface area contributed by atoms with E-state index in [-0.39, 0.29) is 12.6 Å². The van der Waals surface area contributed by atoms with Crippen LogP contribution in [0.5, 0.6) is 0 Å². The highest BCUT2D eigenvalue weighted by Crippen LogP contribution is 2.24. The molecule has 1 saturated heterocycles. The van der Waals surface area contributed by atoms with Gasteiger partial charge in [0.25, 0.3) is 0 Å². The quantitative estimate of drug-likeness (QED) is 0.462. The first-order valence-corrected chi connectivity index (χ1v) is 11.1. The van der Waals surface area contributed by atoms with Crippen LogP contribution in [0.15, 0.2) is 23.2 Å². The standard InChI is InChI=1S/C18H29F2N5O2S/c1-5-21-17(22-12-18(2,3)24-28(4,26)27)23-14-8-9-25(11-14)16-7-6-13(19)10-15(16)20/h6-7,10,14,24H,5,8-9,11-12H2,1-4H3,(H2,21,22,23). The van der Waals surface area contributed by atoms with Crippen molar-refractivity contribution in [3.05, 3.63) is 29.8 Å². The monoisotopic (exact) mass is 417 g/mol. The Kier molecular flexibility index (Phi) is 7.22. The lowest BCUT2D eigenvalue weighted by atomic mass is 10.1. The van der Waals surface area contributed by atoms with Crippen molar-refractivity contribution in [1.82, 2.24) is 15.4 Å². The van der Waals surface area contributed by atoms with E-state index < -0.39 is 27.2 Å². The zero-order chi connectivity index (χ0) is 20.9. The Hall–Kier alpha value is -1.94. The summed E-state index contributed by atoms with van der Waals surface area (Å²) in [6.45, 7) is 7.54. The predicted molar refractivity (Wildman–Crippen MR) is 108 cm³/mol. The van der Waals surface area contributed by atoms with E-state index in [0.717, 1.165) is 18.7 Å². The maximum absolute atomic E-state index is 14.0. The molecule has 3 N–H and O–H groups in total. The summed E-state index contributed by atoms with van der Waals surface area (Å²) in [5.41, 5.74) is -0.347. The Morgan fingerprint density at radius 3 is 2.68 bits per heavy atom. The van der Waals surface area contributed by atoms with E-state index in [1.807, 2.05) is 11.8 Å². The Morgan fingerprint density at radius 2 is 2.07 bits per heavy atom. The Labute approximate surface area is 165 Å². The van der Waals surface area contributed by atoms with Crippen LogP contribution < -0.4 is 20.3 Å². The first kappa shape index (κ1) is 22.4. The normalized spacial score (nSPS) is 18.4. The molecule has 0 aromatic heterocycles. The van der Waals surface area contributed by atoms with Crippen molar-refractivity contribution in [2.45, 2.75) is 38.8 Å². The number of sulfonamides is 1. The minimum atomic E-state index is -3.34. The third-order valence-corrected chi connectivity index (χ3v) is 5.14. The largest absolute Gasteiger partial charge is 0.367 e. The van der Waals surface area contributed by atoms with Crippen LogP contribution >= 0.6 is 0 Å². The number of aliphatic imine (C=N–C) groups is 1. The Morgan fingerprint density at radius 1 is 1.36 bits per heavy atom. The highest BCUT2D eigenvalue weighted by Gasteiger charge is 2.26. The van der Waals surface area contributed by atoms with Gasteiger partial charge in [-0.2, -0.15) is 0 Å². The maximum atomic E-state index is 14.0. The molecule has 1 aliphatic rings. The minimum Gasteiger partial charge on any atom is -0.367 e. The van der Waals surface area contributed by atoms with Gasteiger partial charge in [-0.05, 0) is 39.3 Å². The molecule has 2 rings (SSSR count). The molecule has 28 heavy (non-hydrogen) atoms. The molecule has 0 radical (unpaired) electrons. The fraction of sp³-hybridized carbons (Fsp3) is 0.611. The average molecular weight is 418 g/mol. The lowest BCUT2D eigenvalue weighted by Gasteiger charge is -2.24. The van der Waals surface area contributed by atoms with Gasteiger partial charge in [0.2, 0.25) is 10.0 Å². The fourth-order valence-corrected chi connectivity index (χ4v) is 4.23. The highest BCUT2D eigenvalue weighted by atomic mass is 32.2. The number of benzene rings is 1. The lowest BCUT2D eigenvalue weighted by Crippen LogP contribution is -2.48. The summed E-state index contributed by atoms with van der Waals surface area (Å²) in [4.78, 5) is 6.35. The van der Waals surface area contributed by atoms with Crippen LogP contribution in [0.4, 0.5) is 14.5 Å². The molecule has 1 aliphatic heterocycles. The minimum absolute atomic E-state index is 0.0354. The number of hydrogen-bond donors (Lipinski definition) is 3. The molecule has 0 saturated carbocycles. The summed E-state index contributed by atoms with van der Waals surface area (Å²) < 4.78 is 52.6. The third-order valence-electron chi connectivity index (χ3n) is 4.22. The number of halogens is 2. The van der Waals surface area contributed by atoms with Crippen LogP contribution in [-0.2, 0) is 10.0 Å². The second-order valence-corrected chi connectivity index (χ2v) is 9.37. The topological polar surface area (TPSA) is 85.8 Å². The van der Waals surface area contributed by atoms with Crippen molar-refractivity contribution in [2.75, 3.05) is 37.3 Å². The molecule has 1 unspecified atom stereocenters. The second-order valence-electron chi connectivity index (χ2n) is 7.62. The van der Waals surface area contributed by atoms with Crippen molar-refractivity contribution < 1.29 is 17.2 Å². The van der Waals surface area contributed by atoms with E-state index in [1.165, 1.54) is 12.1 Å². The van der Waals surface area contributed by atoms with Crippen molar-refractivity contribution in [3.63, 3.8) is 0 Å². The summed E-state index contributed by atoms with van der Waals surface area (Å²) in [6.07, 6.45) is 1.88. The Balaban J connectivity index is 2.00. The SMILES string of the molecule is CCNC(=NCC(C)(C)NS(C)(=O)=O)NC1CCN(c2ccc(F)cc2F)C1. The van der Waals surface area contributed by atoms with Gasteiger partial charge in [-0.3, -0.25) is 4.99 Å². The second kappa shape index (κ2) is 9.04. The molecule has 1 atom stereocenters. The van der Waals surface area contributed by atoms with Gasteiger partial charge in [-0.15, -0.1) is 0 Å². The van der Waals surface area contributed by atoms with E-state index in [2.05, 4.69) is 20.3 Å². The molecule has 0 amide bonds. The van der Waals surface area contributed by atoms with Gasteiger partial charge in [0.05, 0.1) is 18.5 Å². The van der Waals surface area contributed by atoms with E-state index in [9.17, 15) is 17.2 Å². The average Bonchev–Trinajstić information content (AvgIpc) is 2.99. The number of hydrogen-bond acceptors (Lipinski definition) is 4. The van der Waals surface area contributed by atoms with Gasteiger partial charge >= 0.3 is 0 Å². The van der Waals surface area contributed by atoms with Crippen LogP contribution in [0, 0.1) is 11.6 Å². The molecule has 7 nitrogen and oxygen atoms in total. The first-order valence-electron chi connectivity index (χ1n) is 9.23.